The maximum atomic E-state index is 12.8. The number of Topliss-reactive ketones (excluding diaryl/α,β-unsaturated/α-hetero) is 1. The summed E-state index contributed by atoms with van der Waals surface area (Å²) in [4.78, 5) is 12.6. The molecular formula is C18H21BrO3. The van der Waals surface area contributed by atoms with Crippen LogP contribution in [0.2, 0.25) is 0 Å². The Balaban J connectivity index is 1.82. The summed E-state index contributed by atoms with van der Waals surface area (Å²) in [5, 5.41) is 20.1. The third-order valence-corrected chi connectivity index (χ3v) is 7.60. The third kappa shape index (κ3) is 1.80. The molecule has 0 unspecified atom stereocenters. The zero-order valence-corrected chi connectivity index (χ0v) is 14.2. The van der Waals surface area contributed by atoms with E-state index in [9.17, 15) is 15.0 Å². The number of rotatable bonds is 0. The smallest absolute Gasteiger partial charge is 0.177 e. The molecule has 6 atom stereocenters. The highest BCUT2D eigenvalue weighted by Crippen LogP contribution is 2.61. The SMILES string of the molecule is C[C@]12CC[C@@H]3c4ccc(O)cc4C(=O)[C@@H](Br)[C@H]3[C@@H]1CC[C@@H]2O. The van der Waals surface area contributed by atoms with Crippen molar-refractivity contribution in [1.82, 2.24) is 0 Å². The molecule has 0 amide bonds. The summed E-state index contributed by atoms with van der Waals surface area (Å²) >= 11 is 3.66. The lowest BCUT2D eigenvalue weighted by Crippen LogP contribution is -2.49. The highest BCUT2D eigenvalue weighted by atomic mass is 79.9. The first-order valence-electron chi connectivity index (χ1n) is 8.13. The van der Waals surface area contributed by atoms with Gasteiger partial charge >= 0.3 is 0 Å². The summed E-state index contributed by atoms with van der Waals surface area (Å²) in [5.74, 6) is 1.22. The summed E-state index contributed by atoms with van der Waals surface area (Å²) in [7, 11) is 0. The van der Waals surface area contributed by atoms with Crippen LogP contribution in [0.5, 0.6) is 5.75 Å². The molecule has 0 bridgehead atoms. The van der Waals surface area contributed by atoms with Crippen molar-refractivity contribution in [3.63, 3.8) is 0 Å². The summed E-state index contributed by atoms with van der Waals surface area (Å²) in [6.45, 7) is 2.20. The number of phenols is 1. The Morgan fingerprint density at radius 1 is 1.27 bits per heavy atom. The van der Waals surface area contributed by atoms with Crippen molar-refractivity contribution in [2.24, 2.45) is 17.3 Å². The molecule has 3 aliphatic carbocycles. The molecule has 2 fully saturated rings. The lowest BCUT2D eigenvalue weighted by Gasteiger charge is -2.51. The van der Waals surface area contributed by atoms with E-state index in [4.69, 9.17) is 0 Å². The maximum Gasteiger partial charge on any atom is 0.177 e. The number of benzene rings is 1. The van der Waals surface area contributed by atoms with Gasteiger partial charge in [0.05, 0.1) is 10.9 Å². The van der Waals surface area contributed by atoms with E-state index in [1.165, 1.54) is 0 Å². The number of aromatic hydroxyl groups is 1. The largest absolute Gasteiger partial charge is 0.508 e. The first kappa shape index (κ1) is 14.7. The third-order valence-electron chi connectivity index (χ3n) is 6.57. The quantitative estimate of drug-likeness (QED) is 0.691. The van der Waals surface area contributed by atoms with Crippen LogP contribution in [0.4, 0.5) is 0 Å². The van der Waals surface area contributed by atoms with Crippen molar-refractivity contribution in [3.8, 4) is 5.75 Å². The van der Waals surface area contributed by atoms with Crippen molar-refractivity contribution in [2.75, 3.05) is 0 Å². The van der Waals surface area contributed by atoms with Gasteiger partial charge < -0.3 is 10.2 Å². The molecule has 118 valence electrons. The van der Waals surface area contributed by atoms with Gasteiger partial charge in [-0.3, -0.25) is 4.79 Å². The van der Waals surface area contributed by atoms with Crippen LogP contribution in [0, 0.1) is 17.3 Å². The number of ketones is 1. The minimum absolute atomic E-state index is 0.0537. The molecule has 0 radical (unpaired) electrons. The second-order valence-corrected chi connectivity index (χ2v) is 8.45. The molecule has 1 aromatic rings. The van der Waals surface area contributed by atoms with Gasteiger partial charge in [-0.25, -0.2) is 0 Å². The van der Waals surface area contributed by atoms with Crippen molar-refractivity contribution in [3.05, 3.63) is 29.3 Å². The summed E-state index contributed by atoms with van der Waals surface area (Å²) in [6, 6.07) is 5.22. The summed E-state index contributed by atoms with van der Waals surface area (Å²) < 4.78 is 0. The minimum Gasteiger partial charge on any atom is -0.508 e. The number of halogens is 1. The van der Waals surface area contributed by atoms with Crippen LogP contribution in [-0.2, 0) is 0 Å². The predicted molar refractivity (Wildman–Crippen MR) is 87.5 cm³/mol. The molecule has 3 nitrogen and oxygen atoms in total. The van der Waals surface area contributed by atoms with Crippen LogP contribution < -0.4 is 0 Å². The fraction of sp³-hybridized carbons (Fsp3) is 0.611. The first-order chi connectivity index (χ1) is 10.4. The van der Waals surface area contributed by atoms with Crippen molar-refractivity contribution in [2.45, 2.75) is 49.5 Å². The fourth-order valence-corrected chi connectivity index (χ4v) is 6.33. The Hall–Kier alpha value is -0.870. The standard InChI is InChI=1S/C18H21BrO3/c1-18-7-6-11-10-3-2-9(20)8-12(10)17(22)16(19)15(11)13(18)4-5-14(18)21/h2-3,8,11,13-16,20-21H,4-7H2,1H3/t11-,13+,14+,15-,16+,18+/m1/s1. The Kier molecular flexibility index (Phi) is 3.22. The lowest BCUT2D eigenvalue weighted by atomic mass is 9.55. The zero-order valence-electron chi connectivity index (χ0n) is 12.6. The first-order valence-corrected chi connectivity index (χ1v) is 9.04. The minimum atomic E-state index is -0.241. The average Bonchev–Trinajstić information content (AvgIpc) is 2.80. The monoisotopic (exact) mass is 364 g/mol. The molecule has 4 rings (SSSR count). The van der Waals surface area contributed by atoms with Gasteiger partial charge in [0.25, 0.3) is 0 Å². The Bertz CT molecular complexity index is 643. The van der Waals surface area contributed by atoms with E-state index in [0.29, 0.717) is 17.4 Å². The zero-order chi connectivity index (χ0) is 15.6. The van der Waals surface area contributed by atoms with Gasteiger partial charge in [0.15, 0.2) is 5.78 Å². The Morgan fingerprint density at radius 3 is 2.82 bits per heavy atom. The molecular weight excluding hydrogens is 344 g/mol. The molecule has 0 spiro atoms. The predicted octanol–water partition coefficient (Wildman–Crippen LogP) is 3.62. The van der Waals surface area contributed by atoms with Gasteiger partial charge in [-0.2, -0.15) is 0 Å². The van der Waals surface area contributed by atoms with Crippen LogP contribution in [-0.4, -0.2) is 26.9 Å². The Labute approximate surface area is 138 Å². The highest BCUT2D eigenvalue weighted by Gasteiger charge is 2.57. The van der Waals surface area contributed by atoms with Crippen LogP contribution in [0.15, 0.2) is 18.2 Å². The summed E-state index contributed by atoms with van der Waals surface area (Å²) in [6.07, 6.45) is 3.62. The molecule has 22 heavy (non-hydrogen) atoms. The van der Waals surface area contributed by atoms with E-state index < -0.39 is 0 Å². The number of hydrogen-bond acceptors (Lipinski definition) is 3. The normalized spacial score (nSPS) is 43.4. The van der Waals surface area contributed by atoms with Crippen LogP contribution >= 0.6 is 15.9 Å². The number of carbonyl (C=O) groups is 1. The second-order valence-electron chi connectivity index (χ2n) is 7.47. The van der Waals surface area contributed by atoms with Gasteiger partial charge in [0, 0.05) is 5.56 Å². The number of aliphatic hydroxyl groups excluding tert-OH is 1. The Morgan fingerprint density at radius 2 is 2.05 bits per heavy atom. The van der Waals surface area contributed by atoms with E-state index in [1.54, 1.807) is 12.1 Å². The number of phenolic OH excluding ortho intramolecular Hbond substituents is 1. The van der Waals surface area contributed by atoms with E-state index in [2.05, 4.69) is 22.9 Å². The van der Waals surface area contributed by atoms with Gasteiger partial charge in [0.1, 0.15) is 5.75 Å². The molecule has 0 heterocycles. The van der Waals surface area contributed by atoms with Gasteiger partial charge in [-0.05, 0) is 66.5 Å². The fourth-order valence-electron chi connectivity index (χ4n) is 5.34. The van der Waals surface area contributed by atoms with Crippen molar-refractivity contribution in [1.29, 1.82) is 0 Å². The molecule has 1 aromatic carbocycles. The number of aliphatic hydroxyl groups is 1. The number of hydrogen-bond donors (Lipinski definition) is 2. The molecule has 2 N–H and O–H groups in total. The van der Waals surface area contributed by atoms with Crippen molar-refractivity contribution >= 4 is 21.7 Å². The number of alkyl halides is 1. The molecule has 0 aliphatic heterocycles. The maximum absolute atomic E-state index is 12.8. The summed E-state index contributed by atoms with van der Waals surface area (Å²) in [5.41, 5.74) is 1.71. The molecule has 4 heteroatoms. The second kappa shape index (κ2) is 4.81. The molecule has 3 aliphatic rings. The molecule has 2 saturated carbocycles. The van der Waals surface area contributed by atoms with E-state index in [-0.39, 0.29) is 33.8 Å². The topological polar surface area (TPSA) is 57.5 Å². The number of fused-ring (bicyclic) bond motifs is 5. The van der Waals surface area contributed by atoms with Gasteiger partial charge in [0.2, 0.25) is 0 Å². The van der Waals surface area contributed by atoms with E-state index in [0.717, 1.165) is 31.2 Å². The van der Waals surface area contributed by atoms with Crippen LogP contribution in [0.1, 0.15) is 54.4 Å². The number of carbonyl (C=O) groups excluding carboxylic acids is 1. The van der Waals surface area contributed by atoms with Crippen molar-refractivity contribution < 1.29 is 15.0 Å². The average molecular weight is 365 g/mol. The van der Waals surface area contributed by atoms with Gasteiger partial charge in [-0.15, -0.1) is 0 Å². The highest BCUT2D eigenvalue weighted by molar-refractivity contribution is 9.10. The molecule has 0 aromatic heterocycles. The van der Waals surface area contributed by atoms with Crippen LogP contribution in [0.3, 0.4) is 0 Å². The van der Waals surface area contributed by atoms with E-state index >= 15 is 0 Å². The molecule has 0 saturated heterocycles. The van der Waals surface area contributed by atoms with E-state index in [1.807, 2.05) is 6.07 Å². The van der Waals surface area contributed by atoms with Crippen LogP contribution in [0.25, 0.3) is 0 Å². The lowest BCUT2D eigenvalue weighted by molar-refractivity contribution is -0.0189. The van der Waals surface area contributed by atoms with Gasteiger partial charge in [-0.1, -0.05) is 28.9 Å².